The molecule has 5 nitrogen and oxygen atoms in total. The molecule has 0 aliphatic carbocycles. The van der Waals surface area contributed by atoms with E-state index in [9.17, 15) is 9.59 Å². The molecule has 1 heterocycles. The van der Waals surface area contributed by atoms with E-state index in [0.717, 1.165) is 43.5 Å². The number of amides is 2. The molecular formula is C19H28N2O3. The van der Waals surface area contributed by atoms with Crippen molar-refractivity contribution in [3.63, 3.8) is 0 Å². The highest BCUT2D eigenvalue weighted by Gasteiger charge is 2.26. The molecule has 1 aromatic rings. The third-order valence-corrected chi connectivity index (χ3v) is 4.56. The van der Waals surface area contributed by atoms with Crippen molar-refractivity contribution in [2.24, 2.45) is 11.7 Å². The maximum absolute atomic E-state index is 12.2. The molecule has 1 aliphatic rings. The average molecular weight is 332 g/mol. The maximum Gasteiger partial charge on any atom is 0.222 e. The van der Waals surface area contributed by atoms with Crippen molar-refractivity contribution in [3.05, 3.63) is 29.3 Å². The summed E-state index contributed by atoms with van der Waals surface area (Å²) in [6, 6.07) is 6.16. The van der Waals surface area contributed by atoms with Crippen LogP contribution in [0.5, 0.6) is 5.75 Å². The van der Waals surface area contributed by atoms with Crippen LogP contribution in [0.15, 0.2) is 18.2 Å². The lowest BCUT2D eigenvalue weighted by molar-refractivity contribution is -0.135. The lowest BCUT2D eigenvalue weighted by Gasteiger charge is -2.31. The van der Waals surface area contributed by atoms with Crippen LogP contribution in [0.3, 0.4) is 0 Å². The highest BCUT2D eigenvalue weighted by atomic mass is 16.5. The first-order chi connectivity index (χ1) is 11.5. The molecular weight excluding hydrogens is 304 g/mol. The predicted octanol–water partition coefficient (Wildman–Crippen LogP) is 2.58. The van der Waals surface area contributed by atoms with E-state index in [1.807, 2.05) is 19.9 Å². The van der Waals surface area contributed by atoms with Gasteiger partial charge < -0.3 is 15.4 Å². The van der Waals surface area contributed by atoms with Crippen molar-refractivity contribution < 1.29 is 14.3 Å². The smallest absolute Gasteiger partial charge is 0.222 e. The van der Waals surface area contributed by atoms with Crippen molar-refractivity contribution in [1.29, 1.82) is 0 Å². The average Bonchev–Trinajstić information content (AvgIpc) is 2.57. The number of aryl methyl sites for hydroxylation is 2. The van der Waals surface area contributed by atoms with Crippen LogP contribution in [0.2, 0.25) is 0 Å². The highest BCUT2D eigenvalue weighted by Crippen LogP contribution is 2.20. The molecule has 1 saturated heterocycles. The molecule has 0 saturated carbocycles. The lowest BCUT2D eigenvalue weighted by atomic mass is 9.97. The van der Waals surface area contributed by atoms with Gasteiger partial charge in [0.25, 0.3) is 0 Å². The SMILES string of the molecule is Cc1ccc(C)c(OCCCCC(=O)N2CCC[C@@H](C(N)=O)C2)c1. The number of nitrogens with zero attached hydrogens (tertiary/aromatic N) is 1. The van der Waals surface area contributed by atoms with E-state index >= 15 is 0 Å². The number of benzene rings is 1. The number of primary amides is 1. The second-order valence-electron chi connectivity index (χ2n) is 6.66. The van der Waals surface area contributed by atoms with Crippen LogP contribution in [0, 0.1) is 19.8 Å². The molecule has 0 bridgehead atoms. The van der Waals surface area contributed by atoms with Crippen molar-refractivity contribution in [2.45, 2.75) is 46.0 Å². The Balaban J connectivity index is 1.67. The summed E-state index contributed by atoms with van der Waals surface area (Å²) >= 11 is 0. The fourth-order valence-corrected chi connectivity index (χ4v) is 3.02. The van der Waals surface area contributed by atoms with Gasteiger partial charge in [-0.05, 0) is 56.7 Å². The summed E-state index contributed by atoms with van der Waals surface area (Å²) in [5.74, 6) is 0.555. The summed E-state index contributed by atoms with van der Waals surface area (Å²) in [4.78, 5) is 25.3. The molecule has 24 heavy (non-hydrogen) atoms. The summed E-state index contributed by atoms with van der Waals surface area (Å²) in [6.45, 7) is 5.91. The quantitative estimate of drug-likeness (QED) is 0.780. The van der Waals surface area contributed by atoms with Crippen LogP contribution in [-0.2, 0) is 9.59 Å². The molecule has 0 spiro atoms. The Morgan fingerprint density at radius 3 is 2.83 bits per heavy atom. The van der Waals surface area contributed by atoms with E-state index in [4.69, 9.17) is 10.5 Å². The number of rotatable bonds is 7. The van der Waals surface area contributed by atoms with Crippen LogP contribution < -0.4 is 10.5 Å². The third-order valence-electron chi connectivity index (χ3n) is 4.56. The van der Waals surface area contributed by atoms with Crippen LogP contribution >= 0.6 is 0 Å². The highest BCUT2D eigenvalue weighted by molar-refractivity contribution is 5.80. The molecule has 0 radical (unpaired) electrons. The van der Waals surface area contributed by atoms with Gasteiger partial charge in [-0.1, -0.05) is 12.1 Å². The normalized spacial score (nSPS) is 17.6. The third kappa shape index (κ3) is 5.25. The summed E-state index contributed by atoms with van der Waals surface area (Å²) in [5, 5.41) is 0. The van der Waals surface area contributed by atoms with Crippen molar-refractivity contribution in [1.82, 2.24) is 4.90 Å². The summed E-state index contributed by atoms with van der Waals surface area (Å²) in [5.41, 5.74) is 7.66. The molecule has 132 valence electrons. The number of ether oxygens (including phenoxy) is 1. The Morgan fingerprint density at radius 1 is 1.29 bits per heavy atom. The van der Waals surface area contributed by atoms with Crippen LogP contribution in [-0.4, -0.2) is 36.4 Å². The lowest BCUT2D eigenvalue weighted by Crippen LogP contribution is -2.44. The number of hydrogen-bond donors (Lipinski definition) is 1. The zero-order valence-corrected chi connectivity index (χ0v) is 14.7. The molecule has 2 amide bonds. The first kappa shape index (κ1) is 18.3. The molecule has 2 rings (SSSR count). The molecule has 2 N–H and O–H groups in total. The van der Waals surface area contributed by atoms with Gasteiger partial charge in [0.15, 0.2) is 0 Å². The molecule has 5 heteroatoms. The number of piperidine rings is 1. The number of unbranched alkanes of at least 4 members (excludes halogenated alkanes) is 1. The Morgan fingerprint density at radius 2 is 2.08 bits per heavy atom. The fourth-order valence-electron chi connectivity index (χ4n) is 3.02. The van der Waals surface area contributed by atoms with Crippen LogP contribution in [0.4, 0.5) is 0 Å². The second kappa shape index (κ2) is 8.71. The minimum atomic E-state index is -0.297. The minimum Gasteiger partial charge on any atom is -0.493 e. The summed E-state index contributed by atoms with van der Waals surface area (Å²) in [6.07, 6.45) is 3.78. The standard InChI is InChI=1S/C19H28N2O3/c1-14-8-9-15(2)17(12-14)24-11-4-3-7-18(22)21-10-5-6-16(13-21)19(20)23/h8-9,12,16H,3-7,10-11,13H2,1-2H3,(H2,20,23)/t16-/m1/s1. The van der Waals surface area contributed by atoms with Gasteiger partial charge in [0.2, 0.25) is 11.8 Å². The van der Waals surface area contributed by atoms with Gasteiger partial charge in [-0.3, -0.25) is 9.59 Å². The van der Waals surface area contributed by atoms with Gasteiger partial charge in [0.05, 0.1) is 12.5 Å². The Kier molecular flexibility index (Phi) is 6.64. The van der Waals surface area contributed by atoms with E-state index in [1.165, 1.54) is 5.56 Å². The van der Waals surface area contributed by atoms with E-state index < -0.39 is 0 Å². The minimum absolute atomic E-state index is 0.118. The van der Waals surface area contributed by atoms with Crippen LogP contribution in [0.25, 0.3) is 0 Å². The second-order valence-corrected chi connectivity index (χ2v) is 6.66. The maximum atomic E-state index is 12.2. The van der Waals surface area contributed by atoms with Crippen molar-refractivity contribution >= 4 is 11.8 Å². The molecule has 1 aliphatic heterocycles. The fraction of sp³-hybridized carbons (Fsp3) is 0.579. The Bertz CT molecular complexity index is 586. The van der Waals surface area contributed by atoms with E-state index in [-0.39, 0.29) is 17.7 Å². The number of nitrogens with two attached hydrogens (primary N) is 1. The first-order valence-electron chi connectivity index (χ1n) is 8.74. The summed E-state index contributed by atoms with van der Waals surface area (Å²) in [7, 11) is 0. The van der Waals surface area contributed by atoms with Gasteiger partial charge in [-0.2, -0.15) is 0 Å². The van der Waals surface area contributed by atoms with E-state index in [0.29, 0.717) is 19.6 Å². The van der Waals surface area contributed by atoms with Gasteiger partial charge in [0.1, 0.15) is 5.75 Å². The molecule has 1 aromatic carbocycles. The number of carbonyl (C=O) groups is 2. The predicted molar refractivity (Wildman–Crippen MR) is 93.8 cm³/mol. The Hall–Kier alpha value is -2.04. The molecule has 0 aromatic heterocycles. The van der Waals surface area contributed by atoms with Crippen LogP contribution in [0.1, 0.15) is 43.2 Å². The van der Waals surface area contributed by atoms with Gasteiger partial charge in [0, 0.05) is 19.5 Å². The Labute approximate surface area is 144 Å². The topological polar surface area (TPSA) is 72.6 Å². The van der Waals surface area contributed by atoms with E-state index in [2.05, 4.69) is 12.1 Å². The van der Waals surface area contributed by atoms with Gasteiger partial charge >= 0.3 is 0 Å². The first-order valence-corrected chi connectivity index (χ1v) is 8.74. The zero-order chi connectivity index (χ0) is 17.5. The zero-order valence-electron chi connectivity index (χ0n) is 14.7. The van der Waals surface area contributed by atoms with Crippen molar-refractivity contribution in [2.75, 3.05) is 19.7 Å². The van der Waals surface area contributed by atoms with Gasteiger partial charge in [-0.25, -0.2) is 0 Å². The molecule has 0 unspecified atom stereocenters. The van der Waals surface area contributed by atoms with Gasteiger partial charge in [-0.15, -0.1) is 0 Å². The summed E-state index contributed by atoms with van der Waals surface area (Å²) < 4.78 is 5.81. The molecule has 1 fully saturated rings. The monoisotopic (exact) mass is 332 g/mol. The number of carbonyl (C=O) groups excluding carboxylic acids is 2. The largest absolute Gasteiger partial charge is 0.493 e. The van der Waals surface area contributed by atoms with E-state index in [1.54, 1.807) is 4.90 Å². The number of likely N-dealkylation sites (tertiary alicyclic amines) is 1. The van der Waals surface area contributed by atoms with Crippen molar-refractivity contribution in [3.8, 4) is 5.75 Å². The number of hydrogen-bond acceptors (Lipinski definition) is 3. The molecule has 1 atom stereocenters.